The summed E-state index contributed by atoms with van der Waals surface area (Å²) in [6, 6.07) is 8.78. The Labute approximate surface area is 128 Å². The summed E-state index contributed by atoms with van der Waals surface area (Å²) in [4.78, 5) is 4.85. The lowest BCUT2D eigenvalue weighted by Crippen LogP contribution is -2.29. The minimum Gasteiger partial charge on any atom is -0.377 e. The molecule has 0 amide bonds. The highest BCUT2D eigenvalue weighted by molar-refractivity contribution is 5.85. The van der Waals surface area contributed by atoms with Crippen LogP contribution in [0.5, 0.6) is 0 Å². The normalized spacial score (nSPS) is 25.9. The molecule has 0 saturated carbocycles. The first-order chi connectivity index (χ1) is 9.19. The molecule has 2 saturated heterocycles. The van der Waals surface area contributed by atoms with Gasteiger partial charge in [-0.3, -0.25) is 4.90 Å². The van der Waals surface area contributed by atoms with Gasteiger partial charge in [0.2, 0.25) is 0 Å². The van der Waals surface area contributed by atoms with Crippen molar-refractivity contribution >= 4 is 18.1 Å². The molecule has 0 aliphatic carbocycles. The molecular weight excluding hydrogens is 270 g/mol. The van der Waals surface area contributed by atoms with E-state index in [0.717, 1.165) is 6.54 Å². The van der Waals surface area contributed by atoms with Crippen molar-refractivity contribution in [1.82, 2.24) is 10.2 Å². The zero-order chi connectivity index (χ0) is 13.3. The Balaban J connectivity index is 0.00000147. The molecule has 0 radical (unpaired) electrons. The molecule has 0 aromatic heterocycles. The molecule has 1 aromatic carbocycles. The minimum absolute atomic E-state index is 0. The summed E-state index contributed by atoms with van der Waals surface area (Å²) >= 11 is 0. The van der Waals surface area contributed by atoms with Crippen LogP contribution in [0.2, 0.25) is 0 Å². The summed E-state index contributed by atoms with van der Waals surface area (Å²) < 4.78 is 0. The fourth-order valence-electron chi connectivity index (χ4n) is 3.63. The topological polar surface area (TPSA) is 18.5 Å². The Hall–Kier alpha value is -0.770. The van der Waals surface area contributed by atoms with Crippen molar-refractivity contribution in [3.8, 4) is 0 Å². The fourth-order valence-corrected chi connectivity index (χ4v) is 3.63. The molecule has 2 fully saturated rings. The minimum atomic E-state index is 0. The number of nitrogens with one attached hydrogen (secondary N) is 1. The van der Waals surface area contributed by atoms with Gasteiger partial charge in [0.25, 0.3) is 0 Å². The number of hydrogen-bond acceptors (Lipinski definition) is 3. The second-order valence-electron chi connectivity index (χ2n) is 6.41. The third-order valence-corrected chi connectivity index (χ3v) is 4.72. The van der Waals surface area contributed by atoms with Crippen LogP contribution in [0, 0.1) is 5.41 Å². The van der Waals surface area contributed by atoms with Crippen LogP contribution < -0.4 is 10.2 Å². The van der Waals surface area contributed by atoms with Crippen LogP contribution in [0.15, 0.2) is 24.3 Å². The number of halogens is 1. The third-order valence-electron chi connectivity index (χ3n) is 4.72. The molecule has 1 unspecified atom stereocenters. The van der Waals surface area contributed by atoms with Crippen molar-refractivity contribution in [2.24, 2.45) is 5.41 Å². The molecule has 2 heterocycles. The van der Waals surface area contributed by atoms with Crippen LogP contribution in [0.3, 0.4) is 0 Å². The molecule has 4 heteroatoms. The van der Waals surface area contributed by atoms with E-state index in [-0.39, 0.29) is 12.4 Å². The molecule has 0 bridgehead atoms. The predicted molar refractivity (Wildman–Crippen MR) is 87.8 cm³/mol. The van der Waals surface area contributed by atoms with E-state index in [1.807, 2.05) is 0 Å². The molecule has 1 atom stereocenters. The first kappa shape index (κ1) is 15.6. The van der Waals surface area contributed by atoms with Crippen LogP contribution in [-0.4, -0.2) is 45.2 Å². The maximum absolute atomic E-state index is 3.53. The van der Waals surface area contributed by atoms with E-state index < -0.39 is 0 Å². The van der Waals surface area contributed by atoms with E-state index in [1.54, 1.807) is 0 Å². The van der Waals surface area contributed by atoms with E-state index in [2.05, 4.69) is 53.5 Å². The second-order valence-corrected chi connectivity index (χ2v) is 6.41. The van der Waals surface area contributed by atoms with Gasteiger partial charge in [0.05, 0.1) is 0 Å². The summed E-state index contributed by atoms with van der Waals surface area (Å²) in [7, 11) is 4.26. The van der Waals surface area contributed by atoms with Gasteiger partial charge >= 0.3 is 0 Å². The van der Waals surface area contributed by atoms with Crippen LogP contribution in [0.4, 0.5) is 5.69 Å². The molecular formula is C16H26ClN3. The van der Waals surface area contributed by atoms with E-state index >= 15 is 0 Å². The number of rotatable bonds is 3. The van der Waals surface area contributed by atoms with Gasteiger partial charge in [0.1, 0.15) is 0 Å². The Morgan fingerprint density at radius 1 is 1.25 bits per heavy atom. The van der Waals surface area contributed by atoms with Crippen molar-refractivity contribution in [3.05, 3.63) is 29.8 Å². The van der Waals surface area contributed by atoms with Gasteiger partial charge in [-0.1, -0.05) is 18.2 Å². The van der Waals surface area contributed by atoms with Crippen molar-refractivity contribution in [1.29, 1.82) is 0 Å². The van der Waals surface area contributed by atoms with E-state index in [4.69, 9.17) is 0 Å². The first-order valence-electron chi connectivity index (χ1n) is 7.37. The number of nitrogens with zero attached hydrogens (tertiary/aromatic N) is 2. The van der Waals surface area contributed by atoms with Crippen LogP contribution >= 0.6 is 12.4 Å². The molecule has 2 aliphatic heterocycles. The molecule has 1 aromatic rings. The molecule has 112 valence electrons. The Kier molecular flexibility index (Phi) is 4.95. The number of anilines is 1. The zero-order valence-corrected chi connectivity index (χ0v) is 13.4. The third kappa shape index (κ3) is 3.11. The Bertz CT molecular complexity index is 441. The van der Waals surface area contributed by atoms with Gasteiger partial charge in [-0.15, -0.1) is 12.4 Å². The Morgan fingerprint density at radius 2 is 2.05 bits per heavy atom. The predicted octanol–water partition coefficient (Wildman–Crippen LogP) is 2.36. The van der Waals surface area contributed by atoms with Crippen molar-refractivity contribution in [2.45, 2.75) is 19.4 Å². The molecule has 3 rings (SSSR count). The molecule has 3 nitrogen and oxygen atoms in total. The Morgan fingerprint density at radius 3 is 2.75 bits per heavy atom. The van der Waals surface area contributed by atoms with E-state index in [9.17, 15) is 0 Å². The van der Waals surface area contributed by atoms with Gasteiger partial charge < -0.3 is 10.2 Å². The molecule has 1 N–H and O–H groups in total. The summed E-state index contributed by atoms with van der Waals surface area (Å²) in [5.41, 5.74) is 3.39. The maximum atomic E-state index is 3.53. The zero-order valence-electron chi connectivity index (χ0n) is 12.6. The summed E-state index contributed by atoms with van der Waals surface area (Å²) in [5, 5.41) is 3.53. The SMILES string of the molecule is CN(C)c1ccccc1CN1CCC2(CCNC2)C1.Cl. The molecule has 20 heavy (non-hydrogen) atoms. The summed E-state index contributed by atoms with van der Waals surface area (Å²) in [5.74, 6) is 0. The lowest BCUT2D eigenvalue weighted by atomic mass is 9.86. The maximum Gasteiger partial charge on any atom is 0.0406 e. The highest BCUT2D eigenvalue weighted by Crippen LogP contribution is 2.37. The number of para-hydroxylation sites is 1. The monoisotopic (exact) mass is 295 g/mol. The van der Waals surface area contributed by atoms with E-state index in [1.165, 1.54) is 50.3 Å². The van der Waals surface area contributed by atoms with Crippen LogP contribution in [0.25, 0.3) is 0 Å². The lowest BCUT2D eigenvalue weighted by Gasteiger charge is -2.24. The highest BCUT2D eigenvalue weighted by atomic mass is 35.5. The second kappa shape index (κ2) is 6.33. The number of hydrogen-bond donors (Lipinski definition) is 1. The smallest absolute Gasteiger partial charge is 0.0406 e. The van der Waals surface area contributed by atoms with Crippen molar-refractivity contribution in [2.75, 3.05) is 45.2 Å². The average Bonchev–Trinajstić information content (AvgIpc) is 3.01. The lowest BCUT2D eigenvalue weighted by molar-refractivity contribution is 0.269. The summed E-state index contributed by atoms with van der Waals surface area (Å²) in [6.07, 6.45) is 2.73. The molecule has 2 aliphatic rings. The van der Waals surface area contributed by atoms with Crippen molar-refractivity contribution in [3.63, 3.8) is 0 Å². The van der Waals surface area contributed by atoms with Crippen LogP contribution in [0.1, 0.15) is 18.4 Å². The van der Waals surface area contributed by atoms with Gasteiger partial charge in [-0.05, 0) is 43.0 Å². The van der Waals surface area contributed by atoms with Gasteiger partial charge in [-0.25, -0.2) is 0 Å². The van der Waals surface area contributed by atoms with Gasteiger partial charge in [-0.2, -0.15) is 0 Å². The molecule has 1 spiro atoms. The first-order valence-corrected chi connectivity index (χ1v) is 7.37. The number of benzene rings is 1. The fraction of sp³-hybridized carbons (Fsp3) is 0.625. The standard InChI is InChI=1S/C16H25N3.ClH/c1-18(2)15-6-4-3-5-14(15)11-19-10-8-16(13-19)7-9-17-12-16;/h3-6,17H,7-13H2,1-2H3;1H. The van der Waals surface area contributed by atoms with Gasteiger partial charge in [0, 0.05) is 39.4 Å². The van der Waals surface area contributed by atoms with Crippen molar-refractivity contribution < 1.29 is 0 Å². The number of likely N-dealkylation sites (tertiary alicyclic amines) is 1. The van der Waals surface area contributed by atoms with Gasteiger partial charge in [0.15, 0.2) is 0 Å². The van der Waals surface area contributed by atoms with Crippen LogP contribution in [-0.2, 0) is 6.54 Å². The largest absolute Gasteiger partial charge is 0.377 e. The average molecular weight is 296 g/mol. The van der Waals surface area contributed by atoms with E-state index in [0.29, 0.717) is 5.41 Å². The summed E-state index contributed by atoms with van der Waals surface area (Å²) in [6.45, 7) is 6.04. The quantitative estimate of drug-likeness (QED) is 0.923. The highest BCUT2D eigenvalue weighted by Gasteiger charge is 2.40.